The Bertz CT molecular complexity index is 411. The van der Waals surface area contributed by atoms with E-state index in [1.807, 2.05) is 5.43 Å². The number of carbonyl (C=O) groups excluding carboxylic acids is 1. The molecule has 1 rings (SSSR count). The zero-order valence-corrected chi connectivity index (χ0v) is 7.90. The summed E-state index contributed by atoms with van der Waals surface area (Å²) in [5, 5.41) is 0. The number of ether oxygens (including phenoxy) is 1. The van der Waals surface area contributed by atoms with Crippen molar-refractivity contribution in [2.75, 3.05) is 7.11 Å². The molecule has 0 aromatic carbocycles. The van der Waals surface area contributed by atoms with Crippen LogP contribution in [0.2, 0.25) is 0 Å². The first-order valence-electron chi connectivity index (χ1n) is 3.86. The fourth-order valence-corrected chi connectivity index (χ4v) is 1.06. The van der Waals surface area contributed by atoms with Gasteiger partial charge >= 0.3 is 0 Å². The number of hydrogen-bond acceptors (Lipinski definition) is 4. The number of nitrogens with one attached hydrogen (secondary N) is 1. The van der Waals surface area contributed by atoms with Gasteiger partial charge in [0.25, 0.3) is 11.5 Å². The van der Waals surface area contributed by atoms with Crippen molar-refractivity contribution in [3.63, 3.8) is 0 Å². The molecule has 0 aliphatic carbocycles. The van der Waals surface area contributed by atoms with E-state index in [1.54, 1.807) is 7.05 Å². The second kappa shape index (κ2) is 3.93. The van der Waals surface area contributed by atoms with Gasteiger partial charge in [0.2, 0.25) is 0 Å². The molecule has 1 amide bonds. The summed E-state index contributed by atoms with van der Waals surface area (Å²) >= 11 is 0. The maximum atomic E-state index is 11.5. The fourth-order valence-electron chi connectivity index (χ4n) is 1.06. The normalized spacial score (nSPS) is 9.64. The van der Waals surface area contributed by atoms with Crippen LogP contribution in [0.25, 0.3) is 0 Å². The maximum absolute atomic E-state index is 11.5. The van der Waals surface area contributed by atoms with Crippen LogP contribution in [0.4, 0.5) is 0 Å². The van der Waals surface area contributed by atoms with E-state index in [-0.39, 0.29) is 16.9 Å². The average Bonchev–Trinajstić information content (AvgIpc) is 2.20. The summed E-state index contributed by atoms with van der Waals surface area (Å²) in [4.78, 5) is 22.7. The smallest absolute Gasteiger partial charge is 0.293 e. The van der Waals surface area contributed by atoms with E-state index in [1.165, 1.54) is 23.9 Å². The van der Waals surface area contributed by atoms with Gasteiger partial charge in [-0.25, -0.2) is 5.84 Å². The van der Waals surface area contributed by atoms with Gasteiger partial charge in [0, 0.05) is 13.2 Å². The molecule has 0 unspecified atom stereocenters. The number of carbonyl (C=O) groups is 1. The Kier molecular flexibility index (Phi) is 2.88. The topological polar surface area (TPSA) is 86.3 Å². The summed E-state index contributed by atoms with van der Waals surface area (Å²) in [6, 6.07) is 1.46. The molecule has 6 heteroatoms. The van der Waals surface area contributed by atoms with E-state index >= 15 is 0 Å². The van der Waals surface area contributed by atoms with Gasteiger partial charge in [0.15, 0.2) is 5.75 Å². The van der Waals surface area contributed by atoms with Gasteiger partial charge < -0.3 is 9.30 Å². The van der Waals surface area contributed by atoms with Crippen LogP contribution in [0.15, 0.2) is 17.1 Å². The first-order chi connectivity index (χ1) is 6.61. The Morgan fingerprint density at radius 3 is 2.79 bits per heavy atom. The second-order valence-electron chi connectivity index (χ2n) is 2.65. The summed E-state index contributed by atoms with van der Waals surface area (Å²) in [6.07, 6.45) is 1.47. The number of aryl methyl sites for hydroxylation is 1. The Balaban J connectivity index is 3.39. The van der Waals surface area contributed by atoms with Crippen molar-refractivity contribution in [3.05, 3.63) is 28.2 Å². The number of amides is 1. The van der Waals surface area contributed by atoms with Crippen LogP contribution in [-0.4, -0.2) is 17.6 Å². The SMILES string of the molecule is COc1c(C(=O)NN)ccn(C)c1=O. The van der Waals surface area contributed by atoms with Crippen LogP contribution in [0.3, 0.4) is 0 Å². The molecule has 0 saturated carbocycles. The molecule has 0 spiro atoms. The molecule has 0 atom stereocenters. The predicted molar refractivity (Wildman–Crippen MR) is 49.9 cm³/mol. The third-order valence-corrected chi connectivity index (χ3v) is 1.80. The summed E-state index contributed by atoms with van der Waals surface area (Å²) in [5.74, 6) is 4.38. The van der Waals surface area contributed by atoms with E-state index in [0.717, 1.165) is 0 Å². The van der Waals surface area contributed by atoms with Crippen LogP contribution < -0.4 is 21.6 Å². The minimum atomic E-state index is -0.556. The highest BCUT2D eigenvalue weighted by Crippen LogP contribution is 2.10. The van der Waals surface area contributed by atoms with E-state index in [4.69, 9.17) is 10.6 Å². The lowest BCUT2D eigenvalue weighted by molar-refractivity contribution is 0.0950. The molecule has 0 fully saturated rings. The second-order valence-corrected chi connectivity index (χ2v) is 2.65. The van der Waals surface area contributed by atoms with Crippen molar-refractivity contribution in [2.45, 2.75) is 0 Å². The highest BCUT2D eigenvalue weighted by molar-refractivity contribution is 5.96. The van der Waals surface area contributed by atoms with E-state index in [0.29, 0.717) is 0 Å². The average molecular weight is 197 g/mol. The number of aromatic nitrogens is 1. The first kappa shape index (κ1) is 10.3. The molecule has 3 N–H and O–H groups in total. The molecule has 0 aliphatic heterocycles. The number of hydrazine groups is 1. The number of hydrogen-bond donors (Lipinski definition) is 2. The lowest BCUT2D eigenvalue weighted by Gasteiger charge is -2.07. The Morgan fingerprint density at radius 1 is 1.64 bits per heavy atom. The number of nitrogen functional groups attached to an aromatic ring is 1. The summed E-state index contributed by atoms with van der Waals surface area (Å²) < 4.78 is 6.14. The van der Waals surface area contributed by atoms with Crippen LogP contribution in [-0.2, 0) is 7.05 Å². The highest BCUT2D eigenvalue weighted by Gasteiger charge is 2.14. The number of rotatable bonds is 2. The molecule has 0 radical (unpaired) electrons. The van der Waals surface area contributed by atoms with Gasteiger partial charge in [-0.05, 0) is 6.07 Å². The number of pyridine rings is 1. The molecule has 1 aromatic rings. The van der Waals surface area contributed by atoms with Crippen molar-refractivity contribution in [3.8, 4) is 5.75 Å². The van der Waals surface area contributed by atoms with Crippen molar-refractivity contribution in [2.24, 2.45) is 12.9 Å². The van der Waals surface area contributed by atoms with Gasteiger partial charge in [0.1, 0.15) is 0 Å². The van der Waals surface area contributed by atoms with Crippen molar-refractivity contribution in [1.29, 1.82) is 0 Å². The van der Waals surface area contributed by atoms with Crippen LogP contribution in [0.5, 0.6) is 5.75 Å². The minimum Gasteiger partial charge on any atom is -0.491 e. The van der Waals surface area contributed by atoms with E-state index in [2.05, 4.69) is 0 Å². The molecule has 1 aromatic heterocycles. The number of methoxy groups -OCH3 is 1. The number of nitrogens with zero attached hydrogens (tertiary/aromatic N) is 1. The summed E-state index contributed by atoms with van der Waals surface area (Å²) in [6.45, 7) is 0. The molecule has 0 aliphatic rings. The van der Waals surface area contributed by atoms with Gasteiger partial charge in [-0.15, -0.1) is 0 Å². The van der Waals surface area contributed by atoms with E-state index in [9.17, 15) is 9.59 Å². The zero-order chi connectivity index (χ0) is 10.7. The Hall–Kier alpha value is -1.82. The van der Waals surface area contributed by atoms with Crippen molar-refractivity contribution in [1.82, 2.24) is 9.99 Å². The zero-order valence-electron chi connectivity index (χ0n) is 7.90. The van der Waals surface area contributed by atoms with Gasteiger partial charge in [0.05, 0.1) is 12.7 Å². The molecule has 0 bridgehead atoms. The van der Waals surface area contributed by atoms with Gasteiger partial charge in [-0.2, -0.15) is 0 Å². The quantitative estimate of drug-likeness (QED) is 0.361. The van der Waals surface area contributed by atoms with Crippen LogP contribution >= 0.6 is 0 Å². The molecule has 1 heterocycles. The standard InChI is InChI=1S/C8H11N3O3/c1-11-4-3-5(7(12)10-9)6(14-2)8(11)13/h3-4H,9H2,1-2H3,(H,10,12). The molecule has 0 saturated heterocycles. The van der Waals surface area contributed by atoms with Crippen LogP contribution in [0, 0.1) is 0 Å². The van der Waals surface area contributed by atoms with E-state index < -0.39 is 5.91 Å². The Morgan fingerprint density at radius 2 is 2.29 bits per heavy atom. The maximum Gasteiger partial charge on any atom is 0.293 e. The Labute approximate surface area is 80.3 Å². The first-order valence-corrected chi connectivity index (χ1v) is 3.86. The lowest BCUT2D eigenvalue weighted by Crippen LogP contribution is -2.32. The molecule has 76 valence electrons. The van der Waals surface area contributed by atoms with Gasteiger partial charge in [-0.3, -0.25) is 15.0 Å². The predicted octanol–water partition coefficient (Wildman–Crippen LogP) is -1.00. The summed E-state index contributed by atoms with van der Waals surface area (Å²) in [7, 11) is 2.89. The van der Waals surface area contributed by atoms with Crippen LogP contribution in [0.1, 0.15) is 10.4 Å². The minimum absolute atomic E-state index is 0.0158. The van der Waals surface area contributed by atoms with Crippen molar-refractivity contribution < 1.29 is 9.53 Å². The third-order valence-electron chi connectivity index (χ3n) is 1.80. The van der Waals surface area contributed by atoms with Gasteiger partial charge in [-0.1, -0.05) is 0 Å². The molecular weight excluding hydrogens is 186 g/mol. The fraction of sp³-hybridized carbons (Fsp3) is 0.250. The largest absolute Gasteiger partial charge is 0.491 e. The highest BCUT2D eigenvalue weighted by atomic mass is 16.5. The monoisotopic (exact) mass is 197 g/mol. The van der Waals surface area contributed by atoms with Crippen molar-refractivity contribution >= 4 is 5.91 Å². The third kappa shape index (κ3) is 1.60. The number of nitrogens with two attached hydrogens (primary N) is 1. The summed E-state index contributed by atoms with van der Waals surface area (Å²) in [5.41, 5.74) is 1.68. The molecular formula is C8H11N3O3. The lowest BCUT2D eigenvalue weighted by atomic mass is 10.2. The molecule has 6 nitrogen and oxygen atoms in total. The molecule has 14 heavy (non-hydrogen) atoms.